The molecule has 4 aliphatic rings. The lowest BCUT2D eigenvalue weighted by Crippen LogP contribution is -2.46. The number of nitrogens with zero attached hydrogens (tertiary/aromatic N) is 2. The van der Waals surface area contributed by atoms with Crippen molar-refractivity contribution in [3.63, 3.8) is 0 Å². The third-order valence-electron chi connectivity index (χ3n) is 10.3. The maximum absolute atomic E-state index is 13.9. The van der Waals surface area contributed by atoms with Crippen LogP contribution in [0.5, 0.6) is 0 Å². The largest absolute Gasteiger partial charge is 0.457 e. The molecule has 4 aliphatic carbocycles. The van der Waals surface area contributed by atoms with Crippen molar-refractivity contribution in [1.82, 2.24) is 9.97 Å². The number of ether oxygens (including phenoxy) is 1. The van der Waals surface area contributed by atoms with Crippen molar-refractivity contribution in [2.75, 3.05) is 24.3 Å². The average molecular weight is 603 g/mol. The zero-order valence-electron chi connectivity index (χ0n) is 26.2. The number of nitrogens with one attached hydrogen (secondary N) is 2. The summed E-state index contributed by atoms with van der Waals surface area (Å²) in [6, 6.07) is 24.6. The first-order valence-electron chi connectivity index (χ1n) is 16.3. The van der Waals surface area contributed by atoms with Gasteiger partial charge in [0.15, 0.2) is 0 Å². The molecule has 4 bridgehead atoms. The van der Waals surface area contributed by atoms with Gasteiger partial charge in [-0.05, 0) is 110 Å². The van der Waals surface area contributed by atoms with Crippen molar-refractivity contribution in [2.45, 2.75) is 58.0 Å². The van der Waals surface area contributed by atoms with E-state index in [2.05, 4.69) is 21.3 Å². The molecule has 1 heterocycles. The predicted octanol–water partition coefficient (Wildman–Crippen LogP) is 7.90. The standard InChI is InChI=1S/C38H42N4O3/c1-42(2)33-14-7-6-13-31(33)35-40-32(15-16-38-21-26-17-27(22-38)19-28(18-26)23-38)34(41-35)36(43)39-30-12-8-11-29(20-30)37(44)45-24-25-9-4-3-5-10-25/h3-14,20,26-28H,15-19,21-24H2,1-2H3,(H,39,43)(H,40,41). The molecule has 4 aromatic rings. The number of carbonyl (C=O) groups excluding carboxylic acids is 2. The molecule has 1 aromatic heterocycles. The molecular formula is C38H42N4O3. The van der Waals surface area contributed by atoms with Crippen molar-refractivity contribution < 1.29 is 14.3 Å². The number of hydrogen-bond donors (Lipinski definition) is 2. The Morgan fingerprint density at radius 1 is 0.911 bits per heavy atom. The second-order valence-corrected chi connectivity index (χ2v) is 13.8. The van der Waals surface area contributed by atoms with Crippen molar-refractivity contribution in [1.29, 1.82) is 0 Å². The molecule has 0 radical (unpaired) electrons. The Morgan fingerprint density at radius 2 is 1.60 bits per heavy atom. The van der Waals surface area contributed by atoms with Gasteiger partial charge in [-0.3, -0.25) is 4.79 Å². The highest BCUT2D eigenvalue weighted by molar-refractivity contribution is 6.05. The molecule has 0 aliphatic heterocycles. The molecule has 4 fully saturated rings. The number of imidazole rings is 1. The lowest BCUT2D eigenvalue weighted by Gasteiger charge is -2.57. The van der Waals surface area contributed by atoms with Crippen LogP contribution in [0.2, 0.25) is 0 Å². The molecule has 4 saturated carbocycles. The first kappa shape index (κ1) is 29.3. The maximum Gasteiger partial charge on any atom is 0.338 e. The summed E-state index contributed by atoms with van der Waals surface area (Å²) in [6.45, 7) is 0.188. The van der Waals surface area contributed by atoms with E-state index < -0.39 is 5.97 Å². The summed E-state index contributed by atoms with van der Waals surface area (Å²) in [5.41, 5.74) is 5.51. The molecule has 7 nitrogen and oxygen atoms in total. The summed E-state index contributed by atoms with van der Waals surface area (Å²) < 4.78 is 5.52. The second-order valence-electron chi connectivity index (χ2n) is 13.8. The van der Waals surface area contributed by atoms with E-state index in [1.165, 1.54) is 38.5 Å². The molecule has 0 saturated heterocycles. The molecule has 0 atom stereocenters. The second kappa shape index (κ2) is 12.2. The van der Waals surface area contributed by atoms with Gasteiger partial charge in [0, 0.05) is 36.7 Å². The third-order valence-corrected chi connectivity index (χ3v) is 10.3. The van der Waals surface area contributed by atoms with E-state index in [0.29, 0.717) is 28.2 Å². The third kappa shape index (κ3) is 6.26. The van der Waals surface area contributed by atoms with Crippen LogP contribution in [-0.2, 0) is 17.8 Å². The van der Waals surface area contributed by atoms with Crippen LogP contribution in [0.25, 0.3) is 11.4 Å². The van der Waals surface area contributed by atoms with E-state index in [-0.39, 0.29) is 12.5 Å². The molecule has 7 heteroatoms. The number of esters is 1. The maximum atomic E-state index is 13.9. The van der Waals surface area contributed by atoms with E-state index in [0.717, 1.165) is 53.1 Å². The van der Waals surface area contributed by atoms with E-state index in [1.54, 1.807) is 24.3 Å². The van der Waals surface area contributed by atoms with Crippen molar-refractivity contribution in [3.05, 3.63) is 101 Å². The summed E-state index contributed by atoms with van der Waals surface area (Å²) >= 11 is 0. The molecule has 3 aromatic carbocycles. The van der Waals surface area contributed by atoms with Gasteiger partial charge in [0.1, 0.15) is 18.1 Å². The number of H-pyrrole nitrogens is 1. The SMILES string of the molecule is CN(C)c1ccccc1-c1nc(C(=O)Nc2cccc(C(=O)OCc3ccccc3)c2)c(CCC23CC4CC(CC(C4)C2)C3)[nH]1. The minimum Gasteiger partial charge on any atom is -0.457 e. The molecule has 45 heavy (non-hydrogen) atoms. The number of para-hydroxylation sites is 1. The monoisotopic (exact) mass is 602 g/mol. The lowest BCUT2D eigenvalue weighted by molar-refractivity contribution is -0.0570. The molecular weight excluding hydrogens is 560 g/mol. The van der Waals surface area contributed by atoms with Gasteiger partial charge in [0.25, 0.3) is 5.91 Å². The van der Waals surface area contributed by atoms with Gasteiger partial charge >= 0.3 is 5.97 Å². The summed E-state index contributed by atoms with van der Waals surface area (Å²) in [5.74, 6) is 2.63. The summed E-state index contributed by atoms with van der Waals surface area (Å²) in [6.07, 6.45) is 10.1. The fraction of sp³-hybridized carbons (Fsp3) is 0.395. The zero-order valence-corrected chi connectivity index (χ0v) is 26.2. The lowest BCUT2D eigenvalue weighted by atomic mass is 9.48. The minimum absolute atomic E-state index is 0.188. The Balaban J connectivity index is 1.12. The Kier molecular flexibility index (Phi) is 7.94. The first-order chi connectivity index (χ1) is 21.8. The van der Waals surface area contributed by atoms with Crippen LogP contribution in [0.1, 0.15) is 77.0 Å². The van der Waals surface area contributed by atoms with E-state index in [1.807, 2.05) is 62.6 Å². The van der Waals surface area contributed by atoms with Crippen LogP contribution in [0.15, 0.2) is 78.9 Å². The van der Waals surface area contributed by atoms with Crippen molar-refractivity contribution in [3.8, 4) is 11.4 Å². The van der Waals surface area contributed by atoms with Gasteiger partial charge in [0.05, 0.1) is 5.56 Å². The highest BCUT2D eigenvalue weighted by Crippen LogP contribution is 2.61. The number of carbonyl (C=O) groups is 2. The number of aromatic amines is 1. The predicted molar refractivity (Wildman–Crippen MR) is 177 cm³/mol. The number of hydrogen-bond acceptors (Lipinski definition) is 5. The average Bonchev–Trinajstić information content (AvgIpc) is 3.47. The van der Waals surface area contributed by atoms with Gasteiger partial charge in [-0.1, -0.05) is 48.5 Å². The van der Waals surface area contributed by atoms with Crippen LogP contribution in [-0.4, -0.2) is 35.9 Å². The highest BCUT2D eigenvalue weighted by atomic mass is 16.5. The topological polar surface area (TPSA) is 87.3 Å². The van der Waals surface area contributed by atoms with Gasteiger partial charge in [-0.15, -0.1) is 0 Å². The Morgan fingerprint density at radius 3 is 2.31 bits per heavy atom. The number of aryl methyl sites for hydroxylation is 1. The van der Waals surface area contributed by atoms with E-state index in [4.69, 9.17) is 9.72 Å². The van der Waals surface area contributed by atoms with Crippen molar-refractivity contribution in [2.24, 2.45) is 23.2 Å². The summed E-state index contributed by atoms with van der Waals surface area (Å²) in [5, 5.41) is 3.02. The van der Waals surface area contributed by atoms with Gasteiger partial charge in [0.2, 0.25) is 0 Å². The molecule has 1 amide bonds. The number of amides is 1. The highest BCUT2D eigenvalue weighted by Gasteiger charge is 2.50. The number of aromatic nitrogens is 2. The first-order valence-corrected chi connectivity index (χ1v) is 16.3. The number of rotatable bonds is 10. The van der Waals surface area contributed by atoms with Crippen molar-refractivity contribution >= 4 is 23.3 Å². The normalized spacial score (nSPS) is 23.1. The molecule has 232 valence electrons. The molecule has 8 rings (SSSR count). The fourth-order valence-electron chi connectivity index (χ4n) is 8.68. The van der Waals surface area contributed by atoms with Crippen LogP contribution in [0, 0.1) is 23.2 Å². The van der Waals surface area contributed by atoms with Crippen LogP contribution in [0.4, 0.5) is 11.4 Å². The van der Waals surface area contributed by atoms with Gasteiger partial charge < -0.3 is 19.9 Å². The minimum atomic E-state index is -0.437. The molecule has 0 spiro atoms. The van der Waals surface area contributed by atoms with Crippen LogP contribution < -0.4 is 10.2 Å². The molecule has 2 N–H and O–H groups in total. The smallest absolute Gasteiger partial charge is 0.338 e. The number of benzene rings is 3. The van der Waals surface area contributed by atoms with Gasteiger partial charge in [-0.25, -0.2) is 9.78 Å². The zero-order chi connectivity index (χ0) is 31.0. The van der Waals surface area contributed by atoms with E-state index in [9.17, 15) is 9.59 Å². The Labute approximate surface area is 265 Å². The fourth-order valence-corrected chi connectivity index (χ4v) is 8.68. The summed E-state index contributed by atoms with van der Waals surface area (Å²) in [7, 11) is 4.03. The van der Waals surface area contributed by atoms with Gasteiger partial charge in [-0.2, -0.15) is 0 Å². The quantitative estimate of drug-likeness (QED) is 0.180. The van der Waals surface area contributed by atoms with E-state index >= 15 is 0 Å². The Bertz CT molecular complexity index is 1660. The van der Waals surface area contributed by atoms with Crippen LogP contribution in [0.3, 0.4) is 0 Å². The number of anilines is 2. The van der Waals surface area contributed by atoms with Crippen LogP contribution >= 0.6 is 0 Å². The molecule has 0 unspecified atom stereocenters. The Hall–Kier alpha value is -4.39. The summed E-state index contributed by atoms with van der Waals surface area (Å²) in [4.78, 5) is 37.3.